The topological polar surface area (TPSA) is 67.7 Å². The highest BCUT2D eigenvalue weighted by atomic mass is 15.3. The summed E-state index contributed by atoms with van der Waals surface area (Å²) in [6.07, 6.45) is 2.72. The Kier molecular flexibility index (Phi) is 3.17. The minimum Gasteiger partial charge on any atom is -0.384 e. The molecule has 0 amide bonds. The molecule has 15 heavy (non-hydrogen) atoms. The van der Waals surface area contributed by atoms with Crippen molar-refractivity contribution >= 4 is 5.84 Å². The van der Waals surface area contributed by atoms with Crippen LogP contribution in [-0.2, 0) is 12.0 Å². The van der Waals surface area contributed by atoms with E-state index in [2.05, 4.69) is 32.8 Å². The molecule has 0 spiro atoms. The predicted octanol–water partition coefficient (Wildman–Crippen LogP) is 1.87. The highest BCUT2D eigenvalue weighted by molar-refractivity contribution is 5.96. The Morgan fingerprint density at radius 3 is 2.53 bits per heavy atom. The van der Waals surface area contributed by atoms with Gasteiger partial charge in [0.1, 0.15) is 5.84 Å². The van der Waals surface area contributed by atoms with Crippen LogP contribution in [0.25, 0.3) is 0 Å². The van der Waals surface area contributed by atoms with Crippen LogP contribution in [0.1, 0.15) is 45.4 Å². The van der Waals surface area contributed by atoms with E-state index < -0.39 is 0 Å². The molecule has 0 radical (unpaired) electrons. The zero-order chi connectivity index (χ0) is 11.6. The van der Waals surface area contributed by atoms with Crippen molar-refractivity contribution in [2.75, 3.05) is 0 Å². The van der Waals surface area contributed by atoms with Gasteiger partial charge in [0.15, 0.2) is 0 Å². The van der Waals surface area contributed by atoms with E-state index in [4.69, 9.17) is 11.1 Å². The van der Waals surface area contributed by atoms with Gasteiger partial charge in [0.25, 0.3) is 0 Å². The molecule has 0 saturated carbocycles. The molecule has 0 aromatic carbocycles. The first-order valence-corrected chi connectivity index (χ1v) is 5.28. The Hall–Kier alpha value is -1.32. The Morgan fingerprint density at radius 1 is 1.53 bits per heavy atom. The van der Waals surface area contributed by atoms with Crippen LogP contribution < -0.4 is 5.73 Å². The number of amidine groups is 1. The van der Waals surface area contributed by atoms with Crippen LogP contribution in [0.4, 0.5) is 0 Å². The van der Waals surface area contributed by atoms with E-state index in [1.54, 1.807) is 6.20 Å². The number of aryl methyl sites for hydroxylation is 1. The van der Waals surface area contributed by atoms with Gasteiger partial charge in [0.2, 0.25) is 0 Å². The number of nitrogens with two attached hydrogens (primary N) is 1. The van der Waals surface area contributed by atoms with Gasteiger partial charge in [-0.1, -0.05) is 27.7 Å². The van der Waals surface area contributed by atoms with Gasteiger partial charge in [0.05, 0.1) is 17.5 Å². The van der Waals surface area contributed by atoms with Gasteiger partial charge >= 0.3 is 0 Å². The fourth-order valence-electron chi connectivity index (χ4n) is 1.75. The number of rotatable bonds is 3. The average molecular weight is 208 g/mol. The molecule has 4 nitrogen and oxygen atoms in total. The molecule has 0 aliphatic carbocycles. The van der Waals surface area contributed by atoms with Gasteiger partial charge in [-0.2, -0.15) is 5.10 Å². The maximum absolute atomic E-state index is 7.53. The van der Waals surface area contributed by atoms with Gasteiger partial charge < -0.3 is 5.73 Å². The molecular weight excluding hydrogens is 188 g/mol. The lowest BCUT2D eigenvalue weighted by Gasteiger charge is -2.22. The second kappa shape index (κ2) is 4.04. The smallest absolute Gasteiger partial charge is 0.126 e. The van der Waals surface area contributed by atoms with Gasteiger partial charge in [-0.15, -0.1) is 0 Å². The molecule has 0 fully saturated rings. The Labute approximate surface area is 91.0 Å². The third-order valence-electron chi connectivity index (χ3n) is 2.28. The minimum atomic E-state index is -0.0350. The third-order valence-corrected chi connectivity index (χ3v) is 2.28. The summed E-state index contributed by atoms with van der Waals surface area (Å²) in [5.74, 6) is 0.0993. The summed E-state index contributed by atoms with van der Waals surface area (Å²) in [6.45, 7) is 9.33. The molecule has 0 aliphatic rings. The highest BCUT2D eigenvalue weighted by Crippen LogP contribution is 2.25. The van der Waals surface area contributed by atoms with E-state index in [0.717, 1.165) is 24.2 Å². The Morgan fingerprint density at radius 2 is 2.13 bits per heavy atom. The molecular formula is C11H20N4. The quantitative estimate of drug-likeness (QED) is 0.588. The zero-order valence-electron chi connectivity index (χ0n) is 9.96. The zero-order valence-corrected chi connectivity index (χ0v) is 9.96. The van der Waals surface area contributed by atoms with E-state index in [9.17, 15) is 0 Å². The van der Waals surface area contributed by atoms with Gasteiger partial charge in [0, 0.05) is 12.0 Å². The first-order chi connectivity index (χ1) is 6.88. The van der Waals surface area contributed by atoms with Crippen molar-refractivity contribution in [1.82, 2.24) is 9.78 Å². The Bertz CT molecular complexity index is 357. The van der Waals surface area contributed by atoms with Crippen LogP contribution in [0.3, 0.4) is 0 Å². The maximum Gasteiger partial charge on any atom is 0.126 e. The lowest BCUT2D eigenvalue weighted by Crippen LogP contribution is -2.24. The summed E-state index contributed by atoms with van der Waals surface area (Å²) < 4.78 is 1.96. The monoisotopic (exact) mass is 208 g/mol. The highest BCUT2D eigenvalue weighted by Gasteiger charge is 2.24. The van der Waals surface area contributed by atoms with Crippen LogP contribution in [0.5, 0.6) is 0 Å². The third kappa shape index (κ3) is 2.37. The molecule has 1 aromatic rings. The number of aromatic nitrogens is 2. The second-order valence-corrected chi connectivity index (χ2v) is 4.79. The molecule has 1 heterocycles. The number of hydrogen-bond donors (Lipinski definition) is 2. The summed E-state index contributed by atoms with van der Waals surface area (Å²) in [7, 11) is 0. The van der Waals surface area contributed by atoms with Crippen molar-refractivity contribution in [1.29, 1.82) is 5.41 Å². The van der Waals surface area contributed by atoms with E-state index in [-0.39, 0.29) is 11.3 Å². The SMILES string of the molecule is CCCn1ncc(C(=N)N)c1C(C)(C)C. The van der Waals surface area contributed by atoms with Crippen molar-refractivity contribution in [3.63, 3.8) is 0 Å². The summed E-state index contributed by atoms with van der Waals surface area (Å²) in [5, 5.41) is 11.8. The largest absolute Gasteiger partial charge is 0.384 e. The Balaban J connectivity index is 3.27. The van der Waals surface area contributed by atoms with Crippen molar-refractivity contribution in [3.05, 3.63) is 17.5 Å². The number of nitrogen functional groups attached to an aromatic ring is 1. The minimum absolute atomic E-state index is 0.0350. The molecule has 0 atom stereocenters. The predicted molar refractivity (Wildman–Crippen MR) is 62.2 cm³/mol. The fourth-order valence-corrected chi connectivity index (χ4v) is 1.75. The van der Waals surface area contributed by atoms with Crippen LogP contribution in [0.2, 0.25) is 0 Å². The summed E-state index contributed by atoms with van der Waals surface area (Å²) >= 11 is 0. The van der Waals surface area contributed by atoms with Crippen molar-refractivity contribution in [2.24, 2.45) is 5.73 Å². The first-order valence-electron chi connectivity index (χ1n) is 5.28. The fraction of sp³-hybridized carbons (Fsp3) is 0.636. The van der Waals surface area contributed by atoms with Crippen molar-refractivity contribution in [3.8, 4) is 0 Å². The van der Waals surface area contributed by atoms with Gasteiger partial charge in [-0.05, 0) is 6.42 Å². The van der Waals surface area contributed by atoms with Crippen LogP contribution in [-0.4, -0.2) is 15.6 Å². The van der Waals surface area contributed by atoms with E-state index in [1.165, 1.54) is 0 Å². The number of nitrogens with zero attached hydrogens (tertiary/aromatic N) is 2. The van der Waals surface area contributed by atoms with Gasteiger partial charge in [-0.3, -0.25) is 10.1 Å². The van der Waals surface area contributed by atoms with Gasteiger partial charge in [-0.25, -0.2) is 0 Å². The molecule has 3 N–H and O–H groups in total. The summed E-state index contributed by atoms with van der Waals surface area (Å²) in [5.41, 5.74) is 7.33. The lowest BCUT2D eigenvalue weighted by molar-refractivity contribution is 0.481. The van der Waals surface area contributed by atoms with Crippen LogP contribution in [0.15, 0.2) is 6.20 Å². The molecule has 0 aliphatic heterocycles. The molecule has 84 valence electrons. The van der Waals surface area contributed by atoms with Crippen LogP contribution in [0, 0.1) is 5.41 Å². The molecule has 0 unspecified atom stereocenters. The summed E-state index contributed by atoms with van der Waals surface area (Å²) in [4.78, 5) is 0. The van der Waals surface area contributed by atoms with Crippen molar-refractivity contribution in [2.45, 2.75) is 46.1 Å². The lowest BCUT2D eigenvalue weighted by atomic mass is 9.89. The number of nitrogens with one attached hydrogen (secondary N) is 1. The molecule has 1 aromatic heterocycles. The molecule has 1 rings (SSSR count). The average Bonchev–Trinajstić information content (AvgIpc) is 2.47. The summed E-state index contributed by atoms with van der Waals surface area (Å²) in [6, 6.07) is 0. The van der Waals surface area contributed by atoms with E-state index in [0.29, 0.717) is 0 Å². The van der Waals surface area contributed by atoms with E-state index >= 15 is 0 Å². The molecule has 0 bridgehead atoms. The van der Waals surface area contributed by atoms with Crippen molar-refractivity contribution < 1.29 is 0 Å². The molecule has 4 heteroatoms. The normalized spacial score (nSPS) is 11.7. The number of hydrogen-bond acceptors (Lipinski definition) is 2. The van der Waals surface area contributed by atoms with E-state index in [1.807, 2.05) is 4.68 Å². The maximum atomic E-state index is 7.53. The first kappa shape index (κ1) is 11.8. The van der Waals surface area contributed by atoms with Crippen LogP contribution >= 0.6 is 0 Å². The standard InChI is InChI=1S/C11H20N4/c1-5-6-15-9(11(2,3)4)8(7-14-15)10(12)13/h7H,5-6H2,1-4H3,(H3,12,13). The molecule has 0 saturated heterocycles. The second-order valence-electron chi connectivity index (χ2n) is 4.79.